The van der Waals surface area contributed by atoms with Gasteiger partial charge in [-0.3, -0.25) is 14.5 Å². The molecule has 0 N–H and O–H groups in total. The molecule has 32 heavy (non-hydrogen) atoms. The smallest absolute Gasteiger partial charge is 0.277 e. The van der Waals surface area contributed by atoms with Gasteiger partial charge in [-0.15, -0.1) is 0 Å². The number of ether oxygens (including phenoxy) is 1. The van der Waals surface area contributed by atoms with Crippen molar-refractivity contribution in [2.45, 2.75) is 20.3 Å². The van der Waals surface area contributed by atoms with Gasteiger partial charge in [0.05, 0.1) is 5.57 Å². The number of anilines is 1. The van der Waals surface area contributed by atoms with Gasteiger partial charge in [-0.05, 0) is 43.0 Å². The lowest BCUT2D eigenvalue weighted by atomic mass is 9.99. The first kappa shape index (κ1) is 22.0. The summed E-state index contributed by atoms with van der Waals surface area (Å²) in [6.07, 6.45) is 4.07. The van der Waals surface area contributed by atoms with Crippen LogP contribution in [0, 0.1) is 13.8 Å². The minimum absolute atomic E-state index is 0.219. The molecule has 1 aromatic carbocycles. The molecule has 0 radical (unpaired) electrons. The summed E-state index contributed by atoms with van der Waals surface area (Å²) in [4.78, 5) is 41.0. The van der Waals surface area contributed by atoms with E-state index >= 15 is 0 Å². The van der Waals surface area contributed by atoms with Crippen LogP contribution < -0.4 is 4.90 Å². The first-order chi connectivity index (χ1) is 15.5. The maximum Gasteiger partial charge on any atom is 0.277 e. The third kappa shape index (κ3) is 4.23. The van der Waals surface area contributed by atoms with Crippen molar-refractivity contribution in [1.29, 1.82) is 0 Å². The standard InChI is InChI=1S/C24H29N5O3/c1-17-6-7-19(16-18(17)2)20-21(23(31)29(22(20)30)10-5-15-32-3)27-11-13-28(14-12-27)24-25-8-4-9-26-24/h4,6-9,16H,5,10-15H2,1-3H3. The zero-order valence-electron chi connectivity index (χ0n) is 18.9. The Labute approximate surface area is 188 Å². The summed E-state index contributed by atoms with van der Waals surface area (Å²) in [6, 6.07) is 7.74. The van der Waals surface area contributed by atoms with E-state index in [-0.39, 0.29) is 11.8 Å². The van der Waals surface area contributed by atoms with Crippen molar-refractivity contribution < 1.29 is 14.3 Å². The first-order valence-electron chi connectivity index (χ1n) is 10.9. The maximum absolute atomic E-state index is 13.4. The molecule has 0 atom stereocenters. The number of hydrogen-bond donors (Lipinski definition) is 0. The van der Waals surface area contributed by atoms with Crippen LogP contribution in [0.15, 0.2) is 42.4 Å². The van der Waals surface area contributed by atoms with E-state index in [1.165, 1.54) is 4.90 Å². The molecular formula is C24H29N5O3. The van der Waals surface area contributed by atoms with E-state index in [1.807, 2.05) is 36.9 Å². The van der Waals surface area contributed by atoms with Crippen molar-refractivity contribution >= 4 is 23.3 Å². The Hall–Kier alpha value is -3.26. The van der Waals surface area contributed by atoms with Crippen molar-refractivity contribution in [3.05, 3.63) is 59.0 Å². The molecule has 3 heterocycles. The number of carbonyl (C=O) groups is 2. The minimum Gasteiger partial charge on any atom is -0.385 e. The summed E-state index contributed by atoms with van der Waals surface area (Å²) in [5.41, 5.74) is 4.05. The number of carbonyl (C=O) groups excluding carboxylic acids is 2. The van der Waals surface area contributed by atoms with Crippen molar-refractivity contribution in [3.8, 4) is 0 Å². The van der Waals surface area contributed by atoms with Crippen LogP contribution in [0.1, 0.15) is 23.1 Å². The molecule has 4 rings (SSSR count). The largest absolute Gasteiger partial charge is 0.385 e. The number of imide groups is 1. The third-order valence-electron chi connectivity index (χ3n) is 6.10. The van der Waals surface area contributed by atoms with E-state index < -0.39 is 0 Å². The van der Waals surface area contributed by atoms with Crippen LogP contribution in [0.5, 0.6) is 0 Å². The summed E-state index contributed by atoms with van der Waals surface area (Å²) in [5, 5.41) is 0. The van der Waals surface area contributed by atoms with Crippen molar-refractivity contribution in [2.75, 3.05) is 51.3 Å². The van der Waals surface area contributed by atoms with Crippen LogP contribution in [0.4, 0.5) is 5.95 Å². The average Bonchev–Trinajstić information content (AvgIpc) is 3.06. The Morgan fingerprint density at radius 2 is 1.62 bits per heavy atom. The molecule has 2 amide bonds. The Morgan fingerprint density at radius 3 is 2.28 bits per heavy atom. The molecule has 0 unspecified atom stereocenters. The molecule has 0 spiro atoms. The molecular weight excluding hydrogens is 406 g/mol. The van der Waals surface area contributed by atoms with Gasteiger partial charge in [0.15, 0.2) is 0 Å². The van der Waals surface area contributed by atoms with E-state index in [9.17, 15) is 9.59 Å². The molecule has 0 saturated carbocycles. The van der Waals surface area contributed by atoms with Crippen LogP contribution >= 0.6 is 0 Å². The number of nitrogens with zero attached hydrogens (tertiary/aromatic N) is 5. The fourth-order valence-corrected chi connectivity index (χ4v) is 4.17. The summed E-state index contributed by atoms with van der Waals surface area (Å²) >= 11 is 0. The molecule has 2 aliphatic rings. The normalized spacial score (nSPS) is 17.0. The van der Waals surface area contributed by atoms with E-state index in [0.717, 1.165) is 16.7 Å². The Balaban J connectivity index is 1.63. The number of amides is 2. The van der Waals surface area contributed by atoms with Gasteiger partial charge in [0, 0.05) is 58.8 Å². The van der Waals surface area contributed by atoms with Gasteiger partial charge in [-0.2, -0.15) is 0 Å². The molecule has 2 aliphatic heterocycles. The number of aromatic nitrogens is 2. The average molecular weight is 436 g/mol. The lowest BCUT2D eigenvalue weighted by Crippen LogP contribution is -2.48. The zero-order valence-corrected chi connectivity index (χ0v) is 18.9. The Kier molecular flexibility index (Phi) is 6.50. The fraction of sp³-hybridized carbons (Fsp3) is 0.417. The predicted octanol–water partition coefficient (Wildman–Crippen LogP) is 2.03. The van der Waals surface area contributed by atoms with Gasteiger partial charge in [-0.1, -0.05) is 18.2 Å². The van der Waals surface area contributed by atoms with E-state index in [2.05, 4.69) is 14.9 Å². The molecule has 1 fully saturated rings. The SMILES string of the molecule is COCCCN1C(=O)C(c2ccc(C)c(C)c2)=C(N2CCN(c3ncccn3)CC2)C1=O. The second-order valence-corrected chi connectivity index (χ2v) is 8.15. The lowest BCUT2D eigenvalue weighted by Gasteiger charge is -2.36. The molecule has 168 valence electrons. The molecule has 1 aromatic heterocycles. The van der Waals surface area contributed by atoms with Gasteiger partial charge in [0.25, 0.3) is 11.8 Å². The van der Waals surface area contributed by atoms with Gasteiger partial charge in [0.2, 0.25) is 5.95 Å². The second kappa shape index (κ2) is 9.48. The lowest BCUT2D eigenvalue weighted by molar-refractivity contribution is -0.137. The highest BCUT2D eigenvalue weighted by Gasteiger charge is 2.42. The van der Waals surface area contributed by atoms with Crippen LogP contribution in [0.2, 0.25) is 0 Å². The third-order valence-corrected chi connectivity index (χ3v) is 6.10. The number of aryl methyl sites for hydroxylation is 2. The maximum atomic E-state index is 13.4. The second-order valence-electron chi connectivity index (χ2n) is 8.15. The molecule has 8 nitrogen and oxygen atoms in total. The highest BCUT2D eigenvalue weighted by Crippen LogP contribution is 2.33. The molecule has 2 aromatic rings. The number of rotatable bonds is 7. The molecule has 8 heteroatoms. The zero-order chi connectivity index (χ0) is 22.7. The monoisotopic (exact) mass is 435 g/mol. The molecule has 0 bridgehead atoms. The van der Waals surface area contributed by atoms with Crippen LogP contribution in [-0.4, -0.2) is 78.0 Å². The van der Waals surface area contributed by atoms with Crippen LogP contribution in [0.25, 0.3) is 5.57 Å². The van der Waals surface area contributed by atoms with Gasteiger partial charge < -0.3 is 14.5 Å². The number of methoxy groups -OCH3 is 1. The van der Waals surface area contributed by atoms with Crippen molar-refractivity contribution in [2.24, 2.45) is 0 Å². The number of benzene rings is 1. The topological polar surface area (TPSA) is 78.9 Å². The summed E-state index contributed by atoms with van der Waals surface area (Å²) < 4.78 is 5.12. The van der Waals surface area contributed by atoms with Crippen LogP contribution in [0.3, 0.4) is 0 Å². The number of hydrogen-bond acceptors (Lipinski definition) is 7. The Morgan fingerprint density at radius 1 is 0.938 bits per heavy atom. The van der Waals surface area contributed by atoms with Crippen molar-refractivity contribution in [3.63, 3.8) is 0 Å². The Bertz CT molecular complexity index is 1030. The summed E-state index contributed by atoms with van der Waals surface area (Å²) in [6.45, 7) is 7.51. The molecule has 1 saturated heterocycles. The molecule has 0 aliphatic carbocycles. The number of piperazine rings is 1. The quantitative estimate of drug-likeness (QED) is 0.486. The predicted molar refractivity (Wildman–Crippen MR) is 122 cm³/mol. The van der Waals surface area contributed by atoms with Crippen LogP contribution in [-0.2, 0) is 14.3 Å². The van der Waals surface area contributed by atoms with E-state index in [4.69, 9.17) is 4.74 Å². The van der Waals surface area contributed by atoms with E-state index in [0.29, 0.717) is 63.0 Å². The summed E-state index contributed by atoms with van der Waals surface area (Å²) in [5.74, 6) is 0.243. The van der Waals surface area contributed by atoms with E-state index in [1.54, 1.807) is 25.6 Å². The minimum atomic E-state index is -0.224. The van der Waals surface area contributed by atoms with Crippen molar-refractivity contribution in [1.82, 2.24) is 19.8 Å². The summed E-state index contributed by atoms with van der Waals surface area (Å²) in [7, 11) is 1.62. The fourth-order valence-electron chi connectivity index (χ4n) is 4.17. The highest BCUT2D eigenvalue weighted by molar-refractivity contribution is 6.35. The highest BCUT2D eigenvalue weighted by atomic mass is 16.5. The van der Waals surface area contributed by atoms with Gasteiger partial charge in [-0.25, -0.2) is 9.97 Å². The van der Waals surface area contributed by atoms with Gasteiger partial charge >= 0.3 is 0 Å². The van der Waals surface area contributed by atoms with Gasteiger partial charge in [0.1, 0.15) is 5.70 Å². The first-order valence-corrected chi connectivity index (χ1v) is 10.9.